The van der Waals surface area contributed by atoms with E-state index in [1.807, 2.05) is 22.4 Å². The molecule has 0 aromatic carbocycles. The predicted octanol–water partition coefficient (Wildman–Crippen LogP) is 2.48. The van der Waals surface area contributed by atoms with E-state index in [0.29, 0.717) is 31.3 Å². The number of rotatable bonds is 4. The van der Waals surface area contributed by atoms with Crippen LogP contribution in [0.5, 0.6) is 0 Å². The van der Waals surface area contributed by atoms with Crippen molar-refractivity contribution in [3.8, 4) is 10.8 Å². The largest absolute Gasteiger partial charge is 0.376 e. The first-order chi connectivity index (χ1) is 11.8. The molecule has 24 heavy (non-hydrogen) atoms. The van der Waals surface area contributed by atoms with Crippen LogP contribution in [-0.2, 0) is 4.74 Å². The molecule has 4 rings (SSSR count). The number of nitrogens with zero attached hydrogens (tertiary/aromatic N) is 3. The van der Waals surface area contributed by atoms with Crippen molar-refractivity contribution < 1.29 is 14.1 Å². The Morgan fingerprint density at radius 1 is 1.46 bits per heavy atom. The van der Waals surface area contributed by atoms with Crippen LogP contribution in [0.1, 0.15) is 31.0 Å². The number of hydrogen-bond donors (Lipinski definition) is 1. The molecule has 2 aliphatic heterocycles. The monoisotopic (exact) mass is 348 g/mol. The second-order valence-electron chi connectivity index (χ2n) is 6.19. The lowest BCUT2D eigenvalue weighted by Crippen LogP contribution is -2.41. The van der Waals surface area contributed by atoms with E-state index in [0.717, 1.165) is 30.7 Å². The Bertz CT molecular complexity index is 681. The summed E-state index contributed by atoms with van der Waals surface area (Å²) in [5.41, 5.74) is 0. The number of likely N-dealkylation sites (tertiary alicyclic amines) is 1. The molecule has 2 fully saturated rings. The van der Waals surface area contributed by atoms with Gasteiger partial charge in [-0.3, -0.25) is 0 Å². The van der Waals surface area contributed by atoms with Crippen LogP contribution in [0, 0.1) is 0 Å². The Labute approximate surface area is 144 Å². The molecule has 7 nitrogen and oxygen atoms in total. The van der Waals surface area contributed by atoms with Gasteiger partial charge in [0, 0.05) is 32.2 Å². The third-order valence-corrected chi connectivity index (χ3v) is 5.38. The van der Waals surface area contributed by atoms with E-state index in [9.17, 15) is 4.79 Å². The predicted molar refractivity (Wildman–Crippen MR) is 88.9 cm³/mol. The fourth-order valence-corrected chi connectivity index (χ4v) is 3.82. The molecule has 128 valence electrons. The summed E-state index contributed by atoms with van der Waals surface area (Å²) in [6.45, 7) is 2.73. The van der Waals surface area contributed by atoms with E-state index < -0.39 is 0 Å². The van der Waals surface area contributed by atoms with Crippen molar-refractivity contribution in [1.82, 2.24) is 20.4 Å². The van der Waals surface area contributed by atoms with Crippen LogP contribution < -0.4 is 5.32 Å². The lowest BCUT2D eigenvalue weighted by molar-refractivity contribution is 0.109. The molecular formula is C16H20N4O3S. The van der Waals surface area contributed by atoms with Gasteiger partial charge < -0.3 is 19.5 Å². The molecule has 2 aromatic rings. The zero-order valence-corrected chi connectivity index (χ0v) is 14.1. The number of amides is 2. The van der Waals surface area contributed by atoms with Gasteiger partial charge in [0.05, 0.1) is 11.0 Å². The molecule has 1 N–H and O–H groups in total. The third kappa shape index (κ3) is 3.29. The average Bonchev–Trinajstić information content (AvgIpc) is 3.40. The number of carbonyl (C=O) groups is 1. The van der Waals surface area contributed by atoms with Gasteiger partial charge in [0.1, 0.15) is 0 Å². The SMILES string of the molecule is O=C(NC[C@H]1CCCO1)N1CC[C@@H](c2noc(-c3cccs3)n2)C1. The fourth-order valence-electron chi connectivity index (χ4n) is 3.17. The maximum absolute atomic E-state index is 12.3. The highest BCUT2D eigenvalue weighted by Gasteiger charge is 2.31. The van der Waals surface area contributed by atoms with Gasteiger partial charge in [-0.25, -0.2) is 4.79 Å². The molecule has 0 spiro atoms. The van der Waals surface area contributed by atoms with Crippen LogP contribution in [0.15, 0.2) is 22.0 Å². The van der Waals surface area contributed by atoms with Crippen molar-refractivity contribution in [2.45, 2.75) is 31.3 Å². The minimum absolute atomic E-state index is 0.0324. The summed E-state index contributed by atoms with van der Waals surface area (Å²) in [5, 5.41) is 9.05. The van der Waals surface area contributed by atoms with Gasteiger partial charge in [-0.1, -0.05) is 11.2 Å². The Hall–Kier alpha value is -1.93. The topological polar surface area (TPSA) is 80.5 Å². The summed E-state index contributed by atoms with van der Waals surface area (Å²) in [6.07, 6.45) is 3.13. The highest BCUT2D eigenvalue weighted by atomic mass is 32.1. The Morgan fingerprint density at radius 2 is 2.42 bits per heavy atom. The number of ether oxygens (including phenoxy) is 1. The molecule has 2 saturated heterocycles. The van der Waals surface area contributed by atoms with Gasteiger partial charge in [0.25, 0.3) is 5.89 Å². The third-order valence-electron chi connectivity index (χ3n) is 4.52. The number of urea groups is 1. The molecule has 2 aromatic heterocycles. The van der Waals surface area contributed by atoms with Crippen LogP contribution in [0.4, 0.5) is 4.79 Å². The van der Waals surface area contributed by atoms with E-state index in [1.165, 1.54) is 0 Å². The van der Waals surface area contributed by atoms with Crippen LogP contribution in [0.2, 0.25) is 0 Å². The molecule has 2 aliphatic rings. The maximum atomic E-state index is 12.3. The number of aromatic nitrogens is 2. The quantitative estimate of drug-likeness (QED) is 0.918. The average molecular weight is 348 g/mol. The summed E-state index contributed by atoms with van der Waals surface area (Å²) in [5.74, 6) is 1.38. The molecule has 0 radical (unpaired) electrons. The highest BCUT2D eigenvalue weighted by Crippen LogP contribution is 2.28. The second-order valence-corrected chi connectivity index (χ2v) is 7.14. The maximum Gasteiger partial charge on any atom is 0.317 e. The normalized spacial score (nSPS) is 23.8. The van der Waals surface area contributed by atoms with Crippen molar-refractivity contribution in [3.63, 3.8) is 0 Å². The molecule has 4 heterocycles. The molecule has 0 bridgehead atoms. The van der Waals surface area contributed by atoms with Crippen LogP contribution in [-0.4, -0.2) is 53.4 Å². The van der Waals surface area contributed by atoms with Gasteiger partial charge in [0.15, 0.2) is 5.82 Å². The van der Waals surface area contributed by atoms with E-state index in [1.54, 1.807) is 11.3 Å². The van der Waals surface area contributed by atoms with Crippen LogP contribution in [0.25, 0.3) is 10.8 Å². The summed E-state index contributed by atoms with van der Waals surface area (Å²) in [4.78, 5) is 19.5. The molecule has 8 heteroatoms. The first kappa shape index (κ1) is 15.6. The highest BCUT2D eigenvalue weighted by molar-refractivity contribution is 7.13. The molecule has 2 atom stereocenters. The van der Waals surface area contributed by atoms with Gasteiger partial charge in [0.2, 0.25) is 0 Å². The van der Waals surface area contributed by atoms with Gasteiger partial charge in [-0.05, 0) is 30.7 Å². The number of nitrogens with one attached hydrogen (secondary N) is 1. The van der Waals surface area contributed by atoms with Crippen molar-refractivity contribution in [1.29, 1.82) is 0 Å². The minimum Gasteiger partial charge on any atom is -0.376 e. The smallest absolute Gasteiger partial charge is 0.317 e. The van der Waals surface area contributed by atoms with Crippen LogP contribution >= 0.6 is 11.3 Å². The van der Waals surface area contributed by atoms with E-state index in [4.69, 9.17) is 9.26 Å². The zero-order chi connectivity index (χ0) is 16.4. The molecule has 0 unspecified atom stereocenters. The summed E-state index contributed by atoms with van der Waals surface area (Å²) >= 11 is 1.57. The number of thiophene rings is 1. The zero-order valence-electron chi connectivity index (χ0n) is 13.3. The Balaban J connectivity index is 1.32. The first-order valence-corrected chi connectivity index (χ1v) is 9.19. The van der Waals surface area contributed by atoms with E-state index in [-0.39, 0.29) is 18.1 Å². The number of carbonyl (C=O) groups excluding carboxylic acids is 1. The van der Waals surface area contributed by atoms with E-state index >= 15 is 0 Å². The minimum atomic E-state index is -0.0324. The summed E-state index contributed by atoms with van der Waals surface area (Å²) in [7, 11) is 0. The standard InChI is InChI=1S/C16H20N4O3S/c21-16(17-9-12-3-1-7-22-12)20-6-5-11(10-20)14-18-15(23-19-14)13-4-2-8-24-13/h2,4,8,11-12H,1,3,5-7,9-10H2,(H,17,21)/t11-,12-/m1/s1. The van der Waals surface area contributed by atoms with Crippen molar-refractivity contribution >= 4 is 17.4 Å². The number of hydrogen-bond acceptors (Lipinski definition) is 6. The second kappa shape index (κ2) is 6.90. The summed E-state index contributed by atoms with van der Waals surface area (Å²) in [6, 6.07) is 3.89. The van der Waals surface area contributed by atoms with Gasteiger partial charge >= 0.3 is 6.03 Å². The fraction of sp³-hybridized carbons (Fsp3) is 0.562. The molecule has 0 aliphatic carbocycles. The van der Waals surface area contributed by atoms with Crippen molar-refractivity contribution in [3.05, 3.63) is 23.3 Å². The van der Waals surface area contributed by atoms with Gasteiger partial charge in [-0.15, -0.1) is 11.3 Å². The molecular weight excluding hydrogens is 328 g/mol. The Kier molecular flexibility index (Phi) is 4.48. The molecule has 0 saturated carbocycles. The lowest BCUT2D eigenvalue weighted by atomic mass is 10.1. The van der Waals surface area contributed by atoms with Crippen molar-refractivity contribution in [2.24, 2.45) is 0 Å². The van der Waals surface area contributed by atoms with E-state index in [2.05, 4.69) is 15.5 Å². The molecule has 2 amide bonds. The Morgan fingerprint density at radius 3 is 3.21 bits per heavy atom. The van der Waals surface area contributed by atoms with Crippen LogP contribution in [0.3, 0.4) is 0 Å². The van der Waals surface area contributed by atoms with Gasteiger partial charge in [-0.2, -0.15) is 4.98 Å². The summed E-state index contributed by atoms with van der Waals surface area (Å²) < 4.78 is 10.9. The van der Waals surface area contributed by atoms with Crippen molar-refractivity contribution in [2.75, 3.05) is 26.2 Å². The lowest BCUT2D eigenvalue weighted by Gasteiger charge is -2.18. The first-order valence-electron chi connectivity index (χ1n) is 8.31.